The van der Waals surface area contributed by atoms with Gasteiger partial charge in [0.05, 0.1) is 5.69 Å². The van der Waals surface area contributed by atoms with Gasteiger partial charge in [-0.2, -0.15) is 0 Å². The molecule has 0 radical (unpaired) electrons. The van der Waals surface area contributed by atoms with Crippen LogP contribution in [0.2, 0.25) is 5.02 Å². The van der Waals surface area contributed by atoms with Crippen LogP contribution in [0, 0.1) is 0 Å². The first-order chi connectivity index (χ1) is 8.78. The van der Waals surface area contributed by atoms with Gasteiger partial charge < -0.3 is 10.1 Å². The first-order valence-electron chi connectivity index (χ1n) is 5.80. The number of ether oxygens (including phenoxy) is 1. The maximum absolute atomic E-state index is 5.89. The van der Waals surface area contributed by atoms with E-state index >= 15 is 0 Å². The SMILES string of the molecule is CCNCc1csc(COc2cccc(Cl)c2)n1. The second kappa shape index (κ2) is 6.73. The van der Waals surface area contributed by atoms with E-state index in [2.05, 4.69) is 22.6 Å². The van der Waals surface area contributed by atoms with Crippen LogP contribution in [0.15, 0.2) is 29.6 Å². The molecule has 0 aliphatic rings. The van der Waals surface area contributed by atoms with Crippen molar-refractivity contribution in [2.45, 2.75) is 20.1 Å². The summed E-state index contributed by atoms with van der Waals surface area (Å²) in [5.74, 6) is 0.769. The van der Waals surface area contributed by atoms with Gasteiger partial charge in [0.2, 0.25) is 0 Å². The van der Waals surface area contributed by atoms with Crippen LogP contribution < -0.4 is 10.1 Å². The highest BCUT2D eigenvalue weighted by Crippen LogP contribution is 2.19. The van der Waals surface area contributed by atoms with Crippen molar-refractivity contribution in [3.8, 4) is 5.75 Å². The van der Waals surface area contributed by atoms with Crippen molar-refractivity contribution in [2.75, 3.05) is 6.54 Å². The van der Waals surface area contributed by atoms with E-state index < -0.39 is 0 Å². The Morgan fingerprint density at radius 2 is 2.33 bits per heavy atom. The summed E-state index contributed by atoms with van der Waals surface area (Å²) in [5, 5.41) is 6.95. The molecule has 0 bridgehead atoms. The van der Waals surface area contributed by atoms with Crippen molar-refractivity contribution >= 4 is 22.9 Å². The van der Waals surface area contributed by atoms with Gasteiger partial charge in [-0.1, -0.05) is 24.6 Å². The molecule has 1 N–H and O–H groups in total. The molecule has 1 heterocycles. The van der Waals surface area contributed by atoms with Crippen LogP contribution in [0.3, 0.4) is 0 Å². The van der Waals surface area contributed by atoms with E-state index in [9.17, 15) is 0 Å². The van der Waals surface area contributed by atoms with E-state index in [0.717, 1.165) is 29.5 Å². The number of aromatic nitrogens is 1. The Labute approximate surface area is 116 Å². The molecule has 1 aromatic carbocycles. The molecule has 0 amide bonds. The minimum Gasteiger partial charge on any atom is -0.486 e. The topological polar surface area (TPSA) is 34.1 Å². The number of halogens is 1. The molecule has 0 saturated carbocycles. The zero-order valence-electron chi connectivity index (χ0n) is 10.1. The van der Waals surface area contributed by atoms with Gasteiger partial charge >= 0.3 is 0 Å². The number of thiazole rings is 1. The summed E-state index contributed by atoms with van der Waals surface area (Å²) in [4.78, 5) is 4.48. The molecule has 5 heteroatoms. The predicted octanol–water partition coefficient (Wildman–Crippen LogP) is 3.49. The van der Waals surface area contributed by atoms with Gasteiger partial charge in [0.25, 0.3) is 0 Å². The molecule has 0 fully saturated rings. The monoisotopic (exact) mass is 282 g/mol. The third kappa shape index (κ3) is 3.98. The minimum absolute atomic E-state index is 0.483. The second-order valence-corrected chi connectivity index (χ2v) is 5.14. The Balaban J connectivity index is 1.88. The summed E-state index contributed by atoms with van der Waals surface area (Å²) < 4.78 is 5.63. The molecular formula is C13H15ClN2OS. The first-order valence-corrected chi connectivity index (χ1v) is 7.06. The van der Waals surface area contributed by atoms with E-state index in [1.807, 2.05) is 18.2 Å². The maximum Gasteiger partial charge on any atom is 0.140 e. The fourth-order valence-corrected chi connectivity index (χ4v) is 2.34. The summed E-state index contributed by atoms with van der Waals surface area (Å²) >= 11 is 7.50. The van der Waals surface area contributed by atoms with E-state index in [1.165, 1.54) is 0 Å². The molecule has 96 valence electrons. The second-order valence-electron chi connectivity index (χ2n) is 3.76. The van der Waals surface area contributed by atoms with Crippen LogP contribution in [-0.4, -0.2) is 11.5 Å². The van der Waals surface area contributed by atoms with Gasteiger partial charge in [-0.25, -0.2) is 4.98 Å². The van der Waals surface area contributed by atoms with Crippen molar-refractivity contribution in [3.05, 3.63) is 45.4 Å². The van der Waals surface area contributed by atoms with Crippen molar-refractivity contribution in [1.82, 2.24) is 10.3 Å². The molecular weight excluding hydrogens is 268 g/mol. The van der Waals surface area contributed by atoms with Crippen LogP contribution in [0.4, 0.5) is 0 Å². The number of hydrogen-bond acceptors (Lipinski definition) is 4. The van der Waals surface area contributed by atoms with Crippen molar-refractivity contribution < 1.29 is 4.74 Å². The number of benzene rings is 1. The standard InChI is InChI=1S/C13H15ClN2OS/c1-2-15-7-11-9-18-13(16-11)8-17-12-5-3-4-10(14)6-12/h3-6,9,15H,2,7-8H2,1H3. The molecule has 0 aliphatic carbocycles. The fourth-order valence-electron chi connectivity index (χ4n) is 1.45. The Morgan fingerprint density at radius 3 is 3.11 bits per heavy atom. The summed E-state index contributed by atoms with van der Waals surface area (Å²) in [7, 11) is 0. The summed E-state index contributed by atoms with van der Waals surface area (Å²) in [5.41, 5.74) is 1.06. The zero-order chi connectivity index (χ0) is 12.8. The normalized spacial score (nSPS) is 10.6. The lowest BCUT2D eigenvalue weighted by Crippen LogP contribution is -2.12. The summed E-state index contributed by atoms with van der Waals surface area (Å²) in [6.45, 7) is 4.32. The van der Waals surface area contributed by atoms with Gasteiger partial charge in [-0.15, -0.1) is 11.3 Å². The summed E-state index contributed by atoms with van der Waals surface area (Å²) in [6.07, 6.45) is 0. The number of nitrogens with one attached hydrogen (secondary N) is 1. The molecule has 0 spiro atoms. The van der Waals surface area contributed by atoms with Crippen LogP contribution >= 0.6 is 22.9 Å². The lowest BCUT2D eigenvalue weighted by atomic mass is 10.3. The van der Waals surface area contributed by atoms with Gasteiger partial charge in [-0.05, 0) is 24.7 Å². The largest absolute Gasteiger partial charge is 0.486 e. The Kier molecular flexibility index (Phi) is 4.99. The minimum atomic E-state index is 0.483. The van der Waals surface area contributed by atoms with Gasteiger partial charge in [0.1, 0.15) is 17.4 Å². The first kappa shape index (κ1) is 13.3. The van der Waals surface area contributed by atoms with Crippen LogP contribution in [-0.2, 0) is 13.2 Å². The third-order valence-corrected chi connectivity index (χ3v) is 3.42. The van der Waals surface area contributed by atoms with Gasteiger partial charge in [0, 0.05) is 16.9 Å². The molecule has 2 aromatic rings. The number of nitrogens with zero attached hydrogens (tertiary/aromatic N) is 1. The molecule has 0 atom stereocenters. The molecule has 0 unspecified atom stereocenters. The lowest BCUT2D eigenvalue weighted by molar-refractivity contribution is 0.305. The van der Waals surface area contributed by atoms with Crippen LogP contribution in [0.5, 0.6) is 5.75 Å². The molecule has 2 rings (SSSR count). The van der Waals surface area contributed by atoms with Crippen LogP contribution in [0.1, 0.15) is 17.6 Å². The average Bonchev–Trinajstić information content (AvgIpc) is 2.82. The smallest absolute Gasteiger partial charge is 0.140 e. The Morgan fingerprint density at radius 1 is 1.44 bits per heavy atom. The zero-order valence-corrected chi connectivity index (χ0v) is 11.7. The third-order valence-electron chi connectivity index (χ3n) is 2.31. The Hall–Kier alpha value is -1.10. The van der Waals surface area contributed by atoms with Crippen molar-refractivity contribution in [2.24, 2.45) is 0 Å². The summed E-state index contributed by atoms with van der Waals surface area (Å²) in [6, 6.07) is 7.39. The number of rotatable bonds is 6. The average molecular weight is 283 g/mol. The number of hydrogen-bond donors (Lipinski definition) is 1. The van der Waals surface area contributed by atoms with E-state index in [1.54, 1.807) is 17.4 Å². The Bertz CT molecular complexity index is 501. The molecule has 0 aliphatic heterocycles. The van der Waals surface area contributed by atoms with Crippen molar-refractivity contribution in [3.63, 3.8) is 0 Å². The van der Waals surface area contributed by atoms with E-state index in [0.29, 0.717) is 11.6 Å². The molecule has 18 heavy (non-hydrogen) atoms. The molecule has 0 saturated heterocycles. The fraction of sp³-hybridized carbons (Fsp3) is 0.308. The van der Waals surface area contributed by atoms with E-state index in [4.69, 9.17) is 16.3 Å². The predicted molar refractivity (Wildman–Crippen MR) is 75.3 cm³/mol. The van der Waals surface area contributed by atoms with Gasteiger partial charge in [0.15, 0.2) is 0 Å². The quantitative estimate of drug-likeness (QED) is 0.881. The highest BCUT2D eigenvalue weighted by atomic mass is 35.5. The lowest BCUT2D eigenvalue weighted by Gasteiger charge is -2.03. The van der Waals surface area contributed by atoms with Gasteiger partial charge in [-0.3, -0.25) is 0 Å². The highest BCUT2D eigenvalue weighted by Gasteiger charge is 2.03. The van der Waals surface area contributed by atoms with Crippen molar-refractivity contribution in [1.29, 1.82) is 0 Å². The molecule has 3 nitrogen and oxygen atoms in total. The highest BCUT2D eigenvalue weighted by molar-refractivity contribution is 7.09. The van der Waals surface area contributed by atoms with E-state index in [-0.39, 0.29) is 0 Å². The molecule has 1 aromatic heterocycles. The van der Waals surface area contributed by atoms with Crippen LogP contribution in [0.25, 0.3) is 0 Å². The maximum atomic E-state index is 5.89.